The van der Waals surface area contributed by atoms with Crippen molar-refractivity contribution in [3.8, 4) is 17.2 Å². The summed E-state index contributed by atoms with van der Waals surface area (Å²) in [5.41, 5.74) is 5.19. The lowest BCUT2D eigenvalue weighted by Gasteiger charge is -2.16. The first-order valence-corrected chi connectivity index (χ1v) is 10.9. The number of rotatable bonds is 9. The number of aryl methyl sites for hydroxylation is 1. The van der Waals surface area contributed by atoms with Gasteiger partial charge in [-0.25, -0.2) is 0 Å². The molecule has 0 atom stereocenters. The van der Waals surface area contributed by atoms with Crippen molar-refractivity contribution in [2.45, 2.75) is 53.9 Å². The Morgan fingerprint density at radius 2 is 1.77 bits per heavy atom. The van der Waals surface area contributed by atoms with Crippen LogP contribution in [0.3, 0.4) is 0 Å². The summed E-state index contributed by atoms with van der Waals surface area (Å²) in [5, 5.41) is 2.15. The second kappa shape index (κ2) is 11.5. The van der Waals surface area contributed by atoms with Gasteiger partial charge in [0.2, 0.25) is 0 Å². The molecule has 0 saturated heterocycles. The smallest absolute Gasteiger partial charge is 0.168 e. The predicted molar refractivity (Wildman–Crippen MR) is 128 cm³/mol. The van der Waals surface area contributed by atoms with Gasteiger partial charge in [-0.3, -0.25) is 0 Å². The van der Waals surface area contributed by atoms with Gasteiger partial charge < -0.3 is 14.2 Å². The summed E-state index contributed by atoms with van der Waals surface area (Å²) in [5.74, 6) is 2.42. The first kappa shape index (κ1) is 23.6. The van der Waals surface area contributed by atoms with E-state index in [0.29, 0.717) is 6.61 Å². The molecule has 162 valence electrons. The average molecular weight is 409 g/mol. The summed E-state index contributed by atoms with van der Waals surface area (Å²) in [6, 6.07) is 10.6. The highest BCUT2D eigenvalue weighted by molar-refractivity contribution is 5.92. The van der Waals surface area contributed by atoms with Crippen molar-refractivity contribution < 1.29 is 14.2 Å². The third-order valence-electron chi connectivity index (χ3n) is 5.40. The van der Waals surface area contributed by atoms with E-state index in [1.165, 1.54) is 22.3 Å². The van der Waals surface area contributed by atoms with Gasteiger partial charge in [-0.1, -0.05) is 44.1 Å². The molecule has 0 unspecified atom stereocenters. The molecule has 0 saturated carbocycles. The number of allylic oxidation sites excluding steroid dienone is 2. The van der Waals surface area contributed by atoms with E-state index in [0.717, 1.165) is 46.9 Å². The van der Waals surface area contributed by atoms with Crippen LogP contribution >= 0.6 is 0 Å². The molecule has 0 aliphatic rings. The number of hydrogen-bond acceptors (Lipinski definition) is 3. The molecule has 0 N–H and O–H groups in total. The topological polar surface area (TPSA) is 27.7 Å². The molecule has 2 aromatic carbocycles. The first-order chi connectivity index (χ1) is 14.5. The fraction of sp³-hybridized carbons (Fsp3) is 0.407. The van der Waals surface area contributed by atoms with Gasteiger partial charge in [-0.05, 0) is 79.8 Å². The van der Waals surface area contributed by atoms with Crippen LogP contribution in [0.4, 0.5) is 0 Å². The molecule has 0 spiro atoms. The van der Waals surface area contributed by atoms with Crippen molar-refractivity contribution in [1.29, 1.82) is 0 Å². The Balaban J connectivity index is 2.84. The predicted octanol–water partition coefficient (Wildman–Crippen LogP) is 5.52. The lowest BCUT2D eigenvalue weighted by molar-refractivity contribution is 0.340. The van der Waals surface area contributed by atoms with Crippen LogP contribution in [0.2, 0.25) is 0 Å². The van der Waals surface area contributed by atoms with Gasteiger partial charge in [0.15, 0.2) is 11.5 Å². The third-order valence-corrected chi connectivity index (χ3v) is 5.40. The second-order valence-corrected chi connectivity index (χ2v) is 7.29. The van der Waals surface area contributed by atoms with Crippen LogP contribution in [0.15, 0.2) is 35.9 Å². The molecule has 30 heavy (non-hydrogen) atoms. The maximum atomic E-state index is 5.83. The summed E-state index contributed by atoms with van der Waals surface area (Å²) in [6.07, 6.45) is 7.48. The van der Waals surface area contributed by atoms with Crippen LogP contribution in [0.5, 0.6) is 17.2 Å². The van der Waals surface area contributed by atoms with Gasteiger partial charge in [-0.2, -0.15) is 0 Å². The van der Waals surface area contributed by atoms with Gasteiger partial charge >= 0.3 is 0 Å². The Morgan fingerprint density at radius 1 is 1.00 bits per heavy atom. The van der Waals surface area contributed by atoms with Gasteiger partial charge in [-0.15, -0.1) is 0 Å². The van der Waals surface area contributed by atoms with Crippen LogP contribution in [-0.2, 0) is 6.42 Å². The summed E-state index contributed by atoms with van der Waals surface area (Å²) in [7, 11) is 3.36. The fourth-order valence-electron chi connectivity index (χ4n) is 3.72. The second-order valence-electron chi connectivity index (χ2n) is 7.29. The Morgan fingerprint density at radius 3 is 2.33 bits per heavy atom. The van der Waals surface area contributed by atoms with E-state index < -0.39 is 0 Å². The van der Waals surface area contributed by atoms with Crippen LogP contribution in [0, 0.1) is 0 Å². The van der Waals surface area contributed by atoms with E-state index in [1.54, 1.807) is 14.2 Å². The lowest BCUT2D eigenvalue weighted by atomic mass is 9.91. The highest BCUT2D eigenvalue weighted by atomic mass is 16.5. The molecule has 0 heterocycles. The SMILES string of the molecule is C/C=c1/c(OC)c(OC)cc/c1=C/C(=C(\C)CC)c1cc(OCC)ccc1CCC. The summed E-state index contributed by atoms with van der Waals surface area (Å²) in [6.45, 7) is 11.3. The fourth-order valence-corrected chi connectivity index (χ4v) is 3.72. The molecule has 0 fully saturated rings. The van der Waals surface area contributed by atoms with Crippen molar-refractivity contribution in [2.24, 2.45) is 0 Å². The summed E-state index contributed by atoms with van der Waals surface area (Å²) >= 11 is 0. The molecular weight excluding hydrogens is 372 g/mol. The maximum Gasteiger partial charge on any atom is 0.168 e. The van der Waals surface area contributed by atoms with Crippen LogP contribution < -0.4 is 24.6 Å². The largest absolute Gasteiger partial charge is 0.494 e. The molecule has 0 aliphatic carbocycles. The van der Waals surface area contributed by atoms with Crippen molar-refractivity contribution in [3.63, 3.8) is 0 Å². The van der Waals surface area contributed by atoms with E-state index in [1.807, 2.05) is 19.9 Å². The van der Waals surface area contributed by atoms with E-state index in [2.05, 4.69) is 57.2 Å². The number of hydrogen-bond donors (Lipinski definition) is 0. The Kier molecular flexibility index (Phi) is 9.04. The molecule has 0 amide bonds. The van der Waals surface area contributed by atoms with E-state index in [-0.39, 0.29) is 0 Å². The van der Waals surface area contributed by atoms with Crippen LogP contribution in [-0.4, -0.2) is 20.8 Å². The molecule has 3 heteroatoms. The molecular formula is C27H36O3. The highest BCUT2D eigenvalue weighted by Crippen LogP contribution is 2.30. The van der Waals surface area contributed by atoms with Crippen LogP contribution in [0.25, 0.3) is 17.7 Å². The van der Waals surface area contributed by atoms with E-state index in [4.69, 9.17) is 14.2 Å². The first-order valence-electron chi connectivity index (χ1n) is 10.9. The molecule has 0 aromatic heterocycles. The summed E-state index contributed by atoms with van der Waals surface area (Å²) in [4.78, 5) is 0. The van der Waals surface area contributed by atoms with Crippen molar-refractivity contribution >= 4 is 17.7 Å². The quantitative estimate of drug-likeness (QED) is 0.547. The van der Waals surface area contributed by atoms with Gasteiger partial charge in [0, 0.05) is 5.22 Å². The molecule has 0 aliphatic heterocycles. The molecule has 2 aromatic rings. The maximum absolute atomic E-state index is 5.83. The van der Waals surface area contributed by atoms with Crippen molar-refractivity contribution in [3.05, 3.63) is 57.5 Å². The minimum Gasteiger partial charge on any atom is -0.494 e. The lowest BCUT2D eigenvalue weighted by Crippen LogP contribution is -2.26. The Labute approximate surface area is 181 Å². The number of ether oxygens (including phenoxy) is 3. The van der Waals surface area contributed by atoms with E-state index in [9.17, 15) is 0 Å². The Hall–Kier alpha value is -2.68. The van der Waals surface area contributed by atoms with Gasteiger partial charge in [0.1, 0.15) is 5.75 Å². The Bertz CT molecular complexity index is 999. The van der Waals surface area contributed by atoms with Crippen molar-refractivity contribution in [1.82, 2.24) is 0 Å². The highest BCUT2D eigenvalue weighted by Gasteiger charge is 2.12. The van der Waals surface area contributed by atoms with Crippen LogP contribution in [0.1, 0.15) is 58.6 Å². The zero-order chi connectivity index (χ0) is 22.1. The molecule has 0 radical (unpaired) electrons. The van der Waals surface area contributed by atoms with E-state index >= 15 is 0 Å². The minimum absolute atomic E-state index is 0.659. The molecule has 2 rings (SSSR count). The monoisotopic (exact) mass is 408 g/mol. The zero-order valence-corrected chi connectivity index (χ0v) is 19.6. The molecule has 3 nitrogen and oxygen atoms in total. The standard InChI is InChI=1S/C27H36O3/c1-8-12-20-13-15-22(30-11-4)18-25(20)24(19(5)9-2)17-21-14-16-26(28-6)27(29-7)23(21)10-3/h10,13-18H,8-9,11-12H2,1-7H3/b21-17-,23-10+,24-19-. The third kappa shape index (κ3) is 5.27. The molecule has 0 bridgehead atoms. The summed E-state index contributed by atoms with van der Waals surface area (Å²) < 4.78 is 17.0. The van der Waals surface area contributed by atoms with Gasteiger partial charge in [0.05, 0.1) is 20.8 Å². The average Bonchev–Trinajstić information content (AvgIpc) is 2.77. The van der Waals surface area contributed by atoms with Gasteiger partial charge in [0.25, 0.3) is 0 Å². The van der Waals surface area contributed by atoms with Crippen molar-refractivity contribution in [2.75, 3.05) is 20.8 Å². The number of methoxy groups -OCH3 is 2. The number of benzene rings is 2. The normalized spacial score (nSPS) is 13.3. The minimum atomic E-state index is 0.659. The zero-order valence-electron chi connectivity index (χ0n) is 19.6.